The number of sulfonamides is 1. The second-order valence-electron chi connectivity index (χ2n) is 6.34. The van der Waals surface area contributed by atoms with E-state index in [0.717, 1.165) is 0 Å². The average molecular weight is 404 g/mol. The lowest BCUT2D eigenvalue weighted by molar-refractivity contribution is -0.120. The van der Waals surface area contributed by atoms with Gasteiger partial charge in [0.1, 0.15) is 0 Å². The molecule has 0 aliphatic carbocycles. The second kappa shape index (κ2) is 8.09. The van der Waals surface area contributed by atoms with Gasteiger partial charge in [-0.25, -0.2) is 8.42 Å². The lowest BCUT2D eigenvalue weighted by Crippen LogP contribution is -2.43. The average Bonchev–Trinajstić information content (AvgIpc) is 2.68. The zero-order valence-corrected chi connectivity index (χ0v) is 16.0. The third-order valence-corrected chi connectivity index (χ3v) is 6.60. The van der Waals surface area contributed by atoms with Crippen LogP contribution in [0.4, 0.5) is 5.69 Å². The predicted octanol–water partition coefficient (Wildman–Crippen LogP) is 3.25. The summed E-state index contributed by atoms with van der Waals surface area (Å²) in [4.78, 5) is 12.7. The van der Waals surface area contributed by atoms with Gasteiger partial charge in [0.2, 0.25) is 15.9 Å². The van der Waals surface area contributed by atoms with E-state index in [0.29, 0.717) is 35.7 Å². The summed E-state index contributed by atoms with van der Waals surface area (Å²) >= 11 is 5.83. The Labute approximate surface area is 163 Å². The molecular formula is C19H18ClN3O3S. The minimum absolute atomic E-state index is 0.120. The summed E-state index contributed by atoms with van der Waals surface area (Å²) in [6.07, 6.45) is 1.21. The van der Waals surface area contributed by atoms with Crippen LogP contribution in [0.3, 0.4) is 0 Å². The number of carbonyl (C=O) groups excluding carboxylic acids is 1. The Hall–Kier alpha value is -2.40. The first-order valence-electron chi connectivity index (χ1n) is 8.47. The predicted molar refractivity (Wildman–Crippen MR) is 103 cm³/mol. The van der Waals surface area contributed by atoms with E-state index in [-0.39, 0.29) is 17.3 Å². The molecule has 6 nitrogen and oxygen atoms in total. The van der Waals surface area contributed by atoms with Gasteiger partial charge >= 0.3 is 0 Å². The number of hydrogen-bond acceptors (Lipinski definition) is 4. The van der Waals surface area contributed by atoms with Crippen LogP contribution >= 0.6 is 11.6 Å². The van der Waals surface area contributed by atoms with Crippen LogP contribution in [0, 0.1) is 17.2 Å². The lowest BCUT2D eigenvalue weighted by Gasteiger charge is -2.31. The van der Waals surface area contributed by atoms with Crippen molar-refractivity contribution in [2.75, 3.05) is 18.4 Å². The summed E-state index contributed by atoms with van der Waals surface area (Å²) in [5, 5.41) is 12.2. The Balaban J connectivity index is 1.72. The molecule has 0 aromatic heterocycles. The molecule has 8 heteroatoms. The maximum atomic E-state index is 12.8. The molecule has 3 rings (SSSR count). The number of amides is 1. The molecule has 1 N–H and O–H groups in total. The summed E-state index contributed by atoms with van der Waals surface area (Å²) in [7, 11) is -3.68. The molecule has 1 fully saturated rings. The van der Waals surface area contributed by atoms with E-state index in [1.54, 1.807) is 24.3 Å². The first-order valence-corrected chi connectivity index (χ1v) is 10.3. The summed E-state index contributed by atoms with van der Waals surface area (Å²) in [5.74, 6) is -0.701. The molecule has 27 heavy (non-hydrogen) atoms. The maximum absolute atomic E-state index is 12.8. The second-order valence-corrected chi connectivity index (χ2v) is 8.71. The highest BCUT2D eigenvalue weighted by molar-refractivity contribution is 7.89. The van der Waals surface area contributed by atoms with Crippen molar-refractivity contribution in [3.05, 3.63) is 59.1 Å². The van der Waals surface area contributed by atoms with Crippen molar-refractivity contribution in [2.24, 2.45) is 5.92 Å². The van der Waals surface area contributed by atoms with Gasteiger partial charge in [0.05, 0.1) is 22.4 Å². The van der Waals surface area contributed by atoms with Crippen LogP contribution in [0.15, 0.2) is 53.4 Å². The van der Waals surface area contributed by atoms with Crippen LogP contribution < -0.4 is 5.32 Å². The maximum Gasteiger partial charge on any atom is 0.243 e. The highest BCUT2D eigenvalue weighted by Gasteiger charge is 2.33. The van der Waals surface area contributed by atoms with Gasteiger partial charge in [-0.3, -0.25) is 4.79 Å². The van der Waals surface area contributed by atoms with Gasteiger partial charge in [0, 0.05) is 23.8 Å². The first-order chi connectivity index (χ1) is 12.9. The Bertz CT molecular complexity index is 984. The molecule has 1 aliphatic rings. The van der Waals surface area contributed by atoms with E-state index < -0.39 is 15.9 Å². The fourth-order valence-electron chi connectivity index (χ4n) is 3.04. The van der Waals surface area contributed by atoms with E-state index >= 15 is 0 Å². The highest BCUT2D eigenvalue weighted by atomic mass is 35.5. The first kappa shape index (κ1) is 19.4. The van der Waals surface area contributed by atoms with Crippen molar-refractivity contribution in [1.29, 1.82) is 5.26 Å². The summed E-state index contributed by atoms with van der Waals surface area (Å²) in [6.45, 7) is 0.493. The molecule has 1 saturated heterocycles. The molecule has 140 valence electrons. The molecule has 0 spiro atoms. The van der Waals surface area contributed by atoms with Gasteiger partial charge in [-0.1, -0.05) is 17.7 Å². The number of piperidine rings is 1. The van der Waals surface area contributed by atoms with Crippen LogP contribution in [0.2, 0.25) is 5.02 Å². The summed E-state index contributed by atoms with van der Waals surface area (Å²) in [6, 6.07) is 14.6. The van der Waals surface area contributed by atoms with Gasteiger partial charge in [-0.2, -0.15) is 9.57 Å². The largest absolute Gasteiger partial charge is 0.326 e. The van der Waals surface area contributed by atoms with Crippen LogP contribution in [-0.4, -0.2) is 31.7 Å². The van der Waals surface area contributed by atoms with Crippen molar-refractivity contribution < 1.29 is 13.2 Å². The molecule has 0 bridgehead atoms. The third-order valence-electron chi connectivity index (χ3n) is 4.47. The van der Waals surface area contributed by atoms with Crippen molar-refractivity contribution in [3.8, 4) is 6.07 Å². The Morgan fingerprint density at radius 2 is 1.96 bits per heavy atom. The topological polar surface area (TPSA) is 90.3 Å². The van der Waals surface area contributed by atoms with E-state index in [1.807, 2.05) is 6.07 Å². The molecule has 0 saturated carbocycles. The number of rotatable bonds is 4. The molecule has 1 atom stereocenters. The van der Waals surface area contributed by atoms with E-state index in [1.165, 1.54) is 28.6 Å². The molecule has 0 radical (unpaired) electrons. The standard InChI is InChI=1S/C19H18ClN3O3S/c20-16-6-8-18(9-7-16)27(25,26)23-10-2-4-15(13-23)19(24)22-17-5-1-3-14(11-17)12-21/h1,3,5-9,11,15H,2,4,10,13H2,(H,22,24)/t15-/m0/s1. The van der Waals surface area contributed by atoms with Crippen LogP contribution in [0.5, 0.6) is 0 Å². The van der Waals surface area contributed by atoms with Crippen LogP contribution in [0.1, 0.15) is 18.4 Å². The molecule has 1 amide bonds. The van der Waals surface area contributed by atoms with Gasteiger partial charge in [-0.15, -0.1) is 0 Å². The number of benzene rings is 2. The van der Waals surface area contributed by atoms with Crippen molar-refractivity contribution in [3.63, 3.8) is 0 Å². The van der Waals surface area contributed by atoms with Gasteiger partial charge in [0.15, 0.2) is 0 Å². The minimum atomic E-state index is -3.68. The van der Waals surface area contributed by atoms with Crippen molar-refractivity contribution >= 4 is 33.2 Å². The molecule has 2 aromatic carbocycles. The highest BCUT2D eigenvalue weighted by Crippen LogP contribution is 2.25. The molecule has 0 unspecified atom stereocenters. The molecular weight excluding hydrogens is 386 g/mol. The quantitative estimate of drug-likeness (QED) is 0.848. The smallest absolute Gasteiger partial charge is 0.243 e. The summed E-state index contributed by atoms with van der Waals surface area (Å²) in [5.41, 5.74) is 0.972. The van der Waals surface area contributed by atoms with Crippen molar-refractivity contribution in [2.45, 2.75) is 17.7 Å². The molecule has 2 aromatic rings. The number of nitriles is 1. The van der Waals surface area contributed by atoms with E-state index in [2.05, 4.69) is 5.32 Å². The number of halogens is 1. The zero-order chi connectivity index (χ0) is 19.4. The van der Waals surface area contributed by atoms with Crippen molar-refractivity contribution in [1.82, 2.24) is 4.31 Å². The zero-order valence-electron chi connectivity index (χ0n) is 14.4. The van der Waals surface area contributed by atoms with E-state index in [4.69, 9.17) is 16.9 Å². The number of nitrogens with one attached hydrogen (secondary N) is 1. The Morgan fingerprint density at radius 3 is 2.67 bits per heavy atom. The Morgan fingerprint density at radius 1 is 1.22 bits per heavy atom. The minimum Gasteiger partial charge on any atom is -0.326 e. The fourth-order valence-corrected chi connectivity index (χ4v) is 4.69. The number of hydrogen-bond donors (Lipinski definition) is 1. The monoisotopic (exact) mass is 403 g/mol. The fraction of sp³-hybridized carbons (Fsp3) is 0.263. The lowest BCUT2D eigenvalue weighted by atomic mass is 9.98. The molecule has 1 aliphatic heterocycles. The van der Waals surface area contributed by atoms with E-state index in [9.17, 15) is 13.2 Å². The SMILES string of the molecule is N#Cc1cccc(NC(=O)[C@H]2CCCN(S(=O)(=O)c3ccc(Cl)cc3)C2)c1. The number of anilines is 1. The Kier molecular flexibility index (Phi) is 5.80. The van der Waals surface area contributed by atoms with Gasteiger partial charge in [0.25, 0.3) is 0 Å². The van der Waals surface area contributed by atoms with Gasteiger partial charge in [-0.05, 0) is 55.3 Å². The number of carbonyl (C=O) groups is 1. The van der Waals surface area contributed by atoms with Crippen LogP contribution in [0.25, 0.3) is 0 Å². The summed E-state index contributed by atoms with van der Waals surface area (Å²) < 4.78 is 27.0. The third kappa shape index (κ3) is 4.48. The van der Waals surface area contributed by atoms with Crippen LogP contribution in [-0.2, 0) is 14.8 Å². The normalized spacial score (nSPS) is 17.9. The number of nitrogens with zero attached hydrogens (tertiary/aromatic N) is 2. The van der Waals surface area contributed by atoms with Gasteiger partial charge < -0.3 is 5.32 Å². The molecule has 1 heterocycles.